The number of hydrogen-bond donors (Lipinski definition) is 1. The molecule has 184 valence electrons. The number of rotatable bonds is 6. The number of hydrogen-bond acceptors (Lipinski definition) is 7. The fourth-order valence-corrected chi connectivity index (χ4v) is 4.96. The Kier molecular flexibility index (Phi) is 7.09. The Balaban J connectivity index is 1.37. The van der Waals surface area contributed by atoms with Gasteiger partial charge >= 0.3 is 6.16 Å². The predicted octanol–water partition coefficient (Wildman–Crippen LogP) is 6.14. The highest BCUT2D eigenvalue weighted by atomic mass is 16.7. The van der Waals surface area contributed by atoms with Crippen molar-refractivity contribution in [1.82, 2.24) is 9.78 Å². The molecular formula is C25H34N4O5. The summed E-state index contributed by atoms with van der Waals surface area (Å²) in [5.41, 5.74) is 0.947. The summed E-state index contributed by atoms with van der Waals surface area (Å²) in [5, 5.41) is 19.3. The number of nitrogens with one attached hydrogen (secondary N) is 1. The third kappa shape index (κ3) is 5.87. The Hall–Kier alpha value is -3.10. The van der Waals surface area contributed by atoms with Gasteiger partial charge in [0.1, 0.15) is 17.7 Å². The standard InChI is InChI=1S/C25H34N4O5/c1-25(2,3)28-22(16-23(27-28)26-18-7-5-4-6-8-18)17-9-12-21(15-17)34-24(30)33-20-13-10-19(11-14-20)29(31)32/h10-11,13-14,16-18,21H,4-9,12,15H2,1-3H3,(H,26,27)/t17-,21+/m0/s1. The van der Waals surface area contributed by atoms with Crippen molar-refractivity contribution in [3.05, 3.63) is 46.1 Å². The van der Waals surface area contributed by atoms with Crippen molar-refractivity contribution in [2.45, 2.75) is 95.7 Å². The minimum absolute atomic E-state index is 0.0628. The van der Waals surface area contributed by atoms with Crippen molar-refractivity contribution in [2.24, 2.45) is 0 Å². The zero-order valence-corrected chi connectivity index (χ0v) is 20.2. The molecular weight excluding hydrogens is 436 g/mol. The van der Waals surface area contributed by atoms with Crippen LogP contribution in [0.2, 0.25) is 0 Å². The predicted molar refractivity (Wildman–Crippen MR) is 128 cm³/mol. The van der Waals surface area contributed by atoms with Gasteiger partial charge in [-0.15, -0.1) is 0 Å². The van der Waals surface area contributed by atoms with Gasteiger partial charge in [-0.2, -0.15) is 5.10 Å². The molecule has 0 amide bonds. The zero-order chi connectivity index (χ0) is 24.3. The summed E-state index contributed by atoms with van der Waals surface area (Å²) in [7, 11) is 0. The van der Waals surface area contributed by atoms with Gasteiger partial charge in [-0.3, -0.25) is 14.8 Å². The van der Waals surface area contributed by atoms with Crippen LogP contribution >= 0.6 is 0 Å². The smallest absolute Gasteiger partial charge is 0.431 e. The van der Waals surface area contributed by atoms with Crippen molar-refractivity contribution < 1.29 is 19.2 Å². The lowest BCUT2D eigenvalue weighted by Gasteiger charge is -2.25. The minimum atomic E-state index is -0.788. The van der Waals surface area contributed by atoms with Crippen LogP contribution in [0.25, 0.3) is 0 Å². The molecule has 0 spiro atoms. The number of ether oxygens (including phenoxy) is 2. The van der Waals surface area contributed by atoms with Gasteiger partial charge in [0.25, 0.3) is 5.69 Å². The Morgan fingerprint density at radius 3 is 2.47 bits per heavy atom. The maximum absolute atomic E-state index is 12.3. The molecule has 0 unspecified atom stereocenters. The summed E-state index contributed by atoms with van der Waals surface area (Å²) in [6.45, 7) is 6.45. The Bertz CT molecular complexity index is 1010. The molecule has 2 saturated carbocycles. The van der Waals surface area contributed by atoms with Crippen molar-refractivity contribution in [2.75, 3.05) is 5.32 Å². The molecule has 1 aromatic heterocycles. The van der Waals surface area contributed by atoms with Crippen LogP contribution < -0.4 is 10.1 Å². The van der Waals surface area contributed by atoms with E-state index in [1.165, 1.54) is 62.1 Å². The molecule has 2 fully saturated rings. The van der Waals surface area contributed by atoms with E-state index < -0.39 is 11.1 Å². The molecule has 4 rings (SSSR count). The van der Waals surface area contributed by atoms with E-state index in [2.05, 4.69) is 36.8 Å². The van der Waals surface area contributed by atoms with Gasteiger partial charge in [0, 0.05) is 35.9 Å². The van der Waals surface area contributed by atoms with Crippen molar-refractivity contribution in [1.29, 1.82) is 0 Å². The fourth-order valence-electron chi connectivity index (χ4n) is 4.96. The maximum atomic E-state index is 12.3. The molecule has 1 N–H and O–H groups in total. The molecule has 34 heavy (non-hydrogen) atoms. The second kappa shape index (κ2) is 10.0. The van der Waals surface area contributed by atoms with Crippen LogP contribution in [0.5, 0.6) is 5.75 Å². The second-order valence-corrected chi connectivity index (χ2v) is 10.4. The highest BCUT2D eigenvalue weighted by molar-refractivity contribution is 5.64. The minimum Gasteiger partial charge on any atom is -0.431 e. The van der Waals surface area contributed by atoms with Crippen LogP contribution in [0.1, 0.15) is 83.7 Å². The molecule has 2 aliphatic rings. The molecule has 2 atom stereocenters. The Morgan fingerprint density at radius 1 is 1.12 bits per heavy atom. The first-order valence-electron chi connectivity index (χ1n) is 12.2. The number of nitro benzene ring substituents is 1. The van der Waals surface area contributed by atoms with E-state index in [9.17, 15) is 14.9 Å². The first-order chi connectivity index (χ1) is 16.2. The van der Waals surface area contributed by atoms with Crippen LogP contribution in [0.4, 0.5) is 16.3 Å². The van der Waals surface area contributed by atoms with E-state index in [1.54, 1.807) is 0 Å². The van der Waals surface area contributed by atoms with Crippen LogP contribution in [-0.4, -0.2) is 33.0 Å². The van der Waals surface area contributed by atoms with Gasteiger partial charge < -0.3 is 14.8 Å². The maximum Gasteiger partial charge on any atom is 0.514 e. The van der Waals surface area contributed by atoms with E-state index >= 15 is 0 Å². The SMILES string of the molecule is CC(C)(C)n1nc(NC2CCCCC2)cc1[C@H]1CC[C@@H](OC(=O)Oc2ccc([N+](=O)[O-])cc2)C1. The molecule has 1 aromatic carbocycles. The average Bonchev–Trinajstić information content (AvgIpc) is 3.41. The largest absolute Gasteiger partial charge is 0.514 e. The highest BCUT2D eigenvalue weighted by Crippen LogP contribution is 2.39. The number of carbonyl (C=O) groups excluding carboxylic acids is 1. The third-order valence-electron chi connectivity index (χ3n) is 6.64. The Morgan fingerprint density at radius 2 is 1.82 bits per heavy atom. The number of aromatic nitrogens is 2. The van der Waals surface area contributed by atoms with E-state index in [-0.39, 0.29) is 29.0 Å². The highest BCUT2D eigenvalue weighted by Gasteiger charge is 2.34. The van der Waals surface area contributed by atoms with Crippen molar-refractivity contribution in [3.8, 4) is 5.75 Å². The summed E-state index contributed by atoms with van der Waals surface area (Å²) in [6, 6.07) is 8.02. The van der Waals surface area contributed by atoms with Gasteiger partial charge in [0.15, 0.2) is 0 Å². The van der Waals surface area contributed by atoms with Gasteiger partial charge in [-0.1, -0.05) is 19.3 Å². The van der Waals surface area contributed by atoms with Gasteiger partial charge in [0.05, 0.1) is 10.5 Å². The number of nitrogens with zero attached hydrogens (tertiary/aromatic N) is 3. The average molecular weight is 471 g/mol. The third-order valence-corrected chi connectivity index (χ3v) is 6.64. The fraction of sp³-hybridized carbons (Fsp3) is 0.600. The normalized spacial score (nSPS) is 21.3. The van der Waals surface area contributed by atoms with E-state index in [0.717, 1.165) is 18.7 Å². The monoisotopic (exact) mass is 470 g/mol. The van der Waals surface area contributed by atoms with E-state index in [1.807, 2.05) is 0 Å². The van der Waals surface area contributed by atoms with Crippen LogP contribution in [0.15, 0.2) is 30.3 Å². The number of anilines is 1. The number of non-ortho nitro benzene ring substituents is 1. The lowest BCUT2D eigenvalue weighted by atomic mass is 9.95. The molecule has 0 aliphatic heterocycles. The van der Waals surface area contributed by atoms with Crippen LogP contribution in [0.3, 0.4) is 0 Å². The van der Waals surface area contributed by atoms with E-state index in [0.29, 0.717) is 12.5 Å². The molecule has 0 bridgehead atoms. The van der Waals surface area contributed by atoms with Gasteiger partial charge in [-0.25, -0.2) is 4.79 Å². The van der Waals surface area contributed by atoms with Crippen molar-refractivity contribution >= 4 is 17.7 Å². The van der Waals surface area contributed by atoms with E-state index in [4.69, 9.17) is 14.6 Å². The van der Waals surface area contributed by atoms with Crippen molar-refractivity contribution in [3.63, 3.8) is 0 Å². The molecule has 9 nitrogen and oxygen atoms in total. The van der Waals surface area contributed by atoms with Crippen LogP contribution in [0, 0.1) is 10.1 Å². The lowest BCUT2D eigenvalue weighted by molar-refractivity contribution is -0.384. The number of carbonyl (C=O) groups is 1. The summed E-state index contributed by atoms with van der Waals surface area (Å²) in [4.78, 5) is 22.5. The molecule has 2 aromatic rings. The molecule has 0 saturated heterocycles. The first-order valence-corrected chi connectivity index (χ1v) is 12.2. The molecule has 1 heterocycles. The molecule has 2 aliphatic carbocycles. The van der Waals surface area contributed by atoms with Gasteiger partial charge in [-0.05, 0) is 65.0 Å². The number of benzene rings is 1. The second-order valence-electron chi connectivity index (χ2n) is 10.4. The molecule has 9 heteroatoms. The quantitative estimate of drug-likeness (QED) is 0.234. The van der Waals surface area contributed by atoms with Gasteiger partial charge in [0.2, 0.25) is 0 Å². The zero-order valence-electron chi connectivity index (χ0n) is 20.2. The summed E-state index contributed by atoms with van der Waals surface area (Å²) in [5.74, 6) is 1.39. The van der Waals surface area contributed by atoms with Crippen LogP contribution in [-0.2, 0) is 10.3 Å². The molecule has 0 radical (unpaired) electrons. The first kappa shape index (κ1) is 24.0. The Labute approximate surface area is 200 Å². The lowest BCUT2D eigenvalue weighted by Crippen LogP contribution is -2.27. The topological polar surface area (TPSA) is 109 Å². The summed E-state index contributed by atoms with van der Waals surface area (Å²) >= 11 is 0. The summed E-state index contributed by atoms with van der Waals surface area (Å²) in [6.07, 6.45) is 7.56. The summed E-state index contributed by atoms with van der Waals surface area (Å²) < 4.78 is 12.9. The number of nitro groups is 1.